The maximum atomic E-state index is 13.2. The average Bonchev–Trinajstić information content (AvgIpc) is 3.02. The van der Waals surface area contributed by atoms with Crippen LogP contribution in [0.25, 0.3) is 0 Å². The Balaban J connectivity index is 0.973. The summed E-state index contributed by atoms with van der Waals surface area (Å²) >= 11 is 12.3. The molecular weight excluding hydrogens is 563 g/mol. The standard InChI is InChI=1S/C35H36Cl2N4O/c36-31-3-1-5-33(23-31)40-19-15-38(16-20-40)25-27-7-11-29(12-8-27)35(42)30-13-9-28(10-14-30)26-39-17-21-41(22-18-39)34-6-2-4-32(37)24-34/h1-14,23-24H,15-22,25-26H2. The second-order valence-electron chi connectivity index (χ2n) is 11.2. The van der Waals surface area contributed by atoms with E-state index < -0.39 is 0 Å². The summed E-state index contributed by atoms with van der Waals surface area (Å²) in [4.78, 5) is 22.9. The van der Waals surface area contributed by atoms with Crippen LogP contribution in [-0.4, -0.2) is 67.9 Å². The molecular formula is C35H36Cl2N4O. The number of hydrogen-bond acceptors (Lipinski definition) is 5. The summed E-state index contributed by atoms with van der Waals surface area (Å²) in [5.74, 6) is 0.0679. The van der Waals surface area contributed by atoms with Crippen molar-refractivity contribution >= 4 is 40.4 Å². The first-order valence-electron chi connectivity index (χ1n) is 14.7. The minimum absolute atomic E-state index is 0.0679. The molecule has 4 aromatic carbocycles. The lowest BCUT2D eigenvalue weighted by molar-refractivity contribution is 0.103. The van der Waals surface area contributed by atoms with Gasteiger partial charge in [-0.15, -0.1) is 0 Å². The minimum atomic E-state index is 0.0679. The van der Waals surface area contributed by atoms with E-state index in [1.165, 1.54) is 22.5 Å². The van der Waals surface area contributed by atoms with Gasteiger partial charge in [0, 0.05) is 98.0 Å². The topological polar surface area (TPSA) is 30.0 Å². The molecule has 42 heavy (non-hydrogen) atoms. The first-order valence-corrected chi connectivity index (χ1v) is 15.4. The molecule has 2 aliphatic rings. The van der Waals surface area contributed by atoms with Gasteiger partial charge in [0.1, 0.15) is 0 Å². The highest BCUT2D eigenvalue weighted by Gasteiger charge is 2.19. The maximum absolute atomic E-state index is 13.2. The third-order valence-electron chi connectivity index (χ3n) is 8.34. The normalized spacial score (nSPS) is 16.5. The summed E-state index contributed by atoms with van der Waals surface area (Å²) in [7, 11) is 0. The van der Waals surface area contributed by atoms with Gasteiger partial charge in [-0.25, -0.2) is 0 Å². The van der Waals surface area contributed by atoms with E-state index in [0.717, 1.165) is 86.6 Å². The summed E-state index contributed by atoms with van der Waals surface area (Å²) < 4.78 is 0. The largest absolute Gasteiger partial charge is 0.369 e. The first-order chi connectivity index (χ1) is 20.5. The SMILES string of the molecule is O=C(c1ccc(CN2CCN(c3cccc(Cl)c3)CC2)cc1)c1ccc(CN2CCN(c3cccc(Cl)c3)CC2)cc1. The van der Waals surface area contributed by atoms with E-state index in [0.29, 0.717) is 0 Å². The van der Waals surface area contributed by atoms with Crippen molar-refractivity contribution < 1.29 is 4.79 Å². The van der Waals surface area contributed by atoms with E-state index in [2.05, 4.69) is 56.0 Å². The number of anilines is 2. The molecule has 0 bridgehead atoms. The van der Waals surface area contributed by atoms with Crippen molar-refractivity contribution in [2.45, 2.75) is 13.1 Å². The molecule has 4 aromatic rings. The molecule has 216 valence electrons. The second-order valence-corrected chi connectivity index (χ2v) is 12.1. The molecule has 0 spiro atoms. The van der Waals surface area contributed by atoms with Crippen LogP contribution in [0.5, 0.6) is 0 Å². The Morgan fingerprint density at radius 1 is 0.524 bits per heavy atom. The highest BCUT2D eigenvalue weighted by Crippen LogP contribution is 2.23. The molecule has 2 heterocycles. The van der Waals surface area contributed by atoms with Gasteiger partial charge in [-0.2, -0.15) is 0 Å². The van der Waals surface area contributed by atoms with Crippen molar-refractivity contribution in [3.63, 3.8) is 0 Å². The highest BCUT2D eigenvalue weighted by molar-refractivity contribution is 6.31. The predicted molar refractivity (Wildman–Crippen MR) is 174 cm³/mol. The Labute approximate surface area is 258 Å². The van der Waals surface area contributed by atoms with E-state index in [1.807, 2.05) is 60.7 Å². The molecule has 6 rings (SSSR count). The molecule has 7 heteroatoms. The number of piperazine rings is 2. The molecule has 5 nitrogen and oxygen atoms in total. The number of carbonyl (C=O) groups is 1. The third kappa shape index (κ3) is 7.16. The highest BCUT2D eigenvalue weighted by atomic mass is 35.5. The Morgan fingerprint density at radius 2 is 0.905 bits per heavy atom. The van der Waals surface area contributed by atoms with E-state index in [-0.39, 0.29) is 5.78 Å². The summed E-state index contributed by atoms with van der Waals surface area (Å²) in [5, 5.41) is 1.56. The molecule has 0 saturated carbocycles. The summed E-state index contributed by atoms with van der Waals surface area (Å²) in [6.45, 7) is 9.68. The zero-order chi connectivity index (χ0) is 28.9. The lowest BCUT2D eigenvalue weighted by Crippen LogP contribution is -2.45. The number of nitrogens with zero attached hydrogens (tertiary/aromatic N) is 4. The number of ketones is 1. The van der Waals surface area contributed by atoms with Crippen molar-refractivity contribution in [2.75, 3.05) is 62.2 Å². The van der Waals surface area contributed by atoms with Crippen LogP contribution in [0.1, 0.15) is 27.0 Å². The van der Waals surface area contributed by atoms with Crippen LogP contribution in [0.2, 0.25) is 10.0 Å². The van der Waals surface area contributed by atoms with Gasteiger partial charge in [-0.1, -0.05) is 83.9 Å². The first kappa shape index (κ1) is 28.8. The van der Waals surface area contributed by atoms with Crippen LogP contribution in [0, 0.1) is 0 Å². The zero-order valence-electron chi connectivity index (χ0n) is 23.8. The van der Waals surface area contributed by atoms with E-state index >= 15 is 0 Å². The molecule has 0 aliphatic carbocycles. The molecule has 0 aromatic heterocycles. The van der Waals surface area contributed by atoms with Gasteiger partial charge in [0.05, 0.1) is 0 Å². The number of hydrogen-bond donors (Lipinski definition) is 0. The zero-order valence-corrected chi connectivity index (χ0v) is 25.3. The second kappa shape index (κ2) is 13.3. The Hall–Kier alpha value is -3.35. The number of carbonyl (C=O) groups excluding carboxylic acids is 1. The average molecular weight is 600 g/mol. The quantitative estimate of drug-likeness (QED) is 0.206. The lowest BCUT2D eigenvalue weighted by Gasteiger charge is -2.36. The van der Waals surface area contributed by atoms with Gasteiger partial charge >= 0.3 is 0 Å². The molecule has 0 amide bonds. The molecule has 0 radical (unpaired) electrons. The van der Waals surface area contributed by atoms with E-state index in [4.69, 9.17) is 23.2 Å². The van der Waals surface area contributed by atoms with E-state index in [9.17, 15) is 4.79 Å². The van der Waals surface area contributed by atoms with Crippen molar-refractivity contribution in [1.82, 2.24) is 9.80 Å². The van der Waals surface area contributed by atoms with Crippen LogP contribution >= 0.6 is 23.2 Å². The molecule has 2 aliphatic heterocycles. The number of benzene rings is 4. The Kier molecular flexibility index (Phi) is 9.11. The fourth-order valence-corrected chi connectivity index (χ4v) is 6.25. The fraction of sp³-hybridized carbons (Fsp3) is 0.286. The van der Waals surface area contributed by atoms with E-state index in [1.54, 1.807) is 0 Å². The molecule has 0 atom stereocenters. The van der Waals surface area contributed by atoms with Gasteiger partial charge < -0.3 is 9.80 Å². The predicted octanol–water partition coefficient (Wildman–Crippen LogP) is 6.87. The molecule has 0 unspecified atom stereocenters. The van der Waals surface area contributed by atoms with Crippen LogP contribution in [0.4, 0.5) is 11.4 Å². The van der Waals surface area contributed by atoms with Crippen LogP contribution in [0.15, 0.2) is 97.1 Å². The number of halogens is 2. The molecule has 2 saturated heterocycles. The van der Waals surface area contributed by atoms with Crippen molar-refractivity contribution in [3.05, 3.63) is 129 Å². The Morgan fingerprint density at radius 3 is 1.26 bits per heavy atom. The summed E-state index contributed by atoms with van der Waals surface area (Å²) in [6, 6.07) is 32.4. The van der Waals surface area contributed by atoms with Crippen LogP contribution in [-0.2, 0) is 13.1 Å². The van der Waals surface area contributed by atoms with Gasteiger partial charge in [-0.05, 0) is 47.5 Å². The maximum Gasteiger partial charge on any atom is 0.193 e. The molecule has 0 N–H and O–H groups in total. The van der Waals surface area contributed by atoms with Crippen molar-refractivity contribution in [1.29, 1.82) is 0 Å². The lowest BCUT2D eigenvalue weighted by atomic mass is 10.0. The van der Waals surface area contributed by atoms with Gasteiger partial charge in [0.25, 0.3) is 0 Å². The van der Waals surface area contributed by atoms with Crippen LogP contribution in [0.3, 0.4) is 0 Å². The smallest absolute Gasteiger partial charge is 0.193 e. The van der Waals surface area contributed by atoms with Crippen molar-refractivity contribution in [3.8, 4) is 0 Å². The Bertz CT molecular complexity index is 1380. The van der Waals surface area contributed by atoms with Crippen molar-refractivity contribution in [2.24, 2.45) is 0 Å². The van der Waals surface area contributed by atoms with Gasteiger partial charge in [0.15, 0.2) is 5.78 Å². The minimum Gasteiger partial charge on any atom is -0.369 e. The summed E-state index contributed by atoms with van der Waals surface area (Å²) in [6.07, 6.45) is 0. The molecule has 2 fully saturated rings. The fourth-order valence-electron chi connectivity index (χ4n) is 5.88. The monoisotopic (exact) mass is 598 g/mol. The van der Waals surface area contributed by atoms with Gasteiger partial charge in [-0.3, -0.25) is 14.6 Å². The van der Waals surface area contributed by atoms with Crippen LogP contribution < -0.4 is 9.80 Å². The number of rotatable bonds is 8. The van der Waals surface area contributed by atoms with Gasteiger partial charge in [0.2, 0.25) is 0 Å². The summed E-state index contributed by atoms with van der Waals surface area (Å²) in [5.41, 5.74) is 6.29. The third-order valence-corrected chi connectivity index (χ3v) is 8.81.